The SMILES string of the molecule is NC1CC1C(=O)N1CCOC(c2ccc(Cl)cc2)C1. The number of nitrogens with two attached hydrogens (primary N) is 1. The van der Waals surface area contributed by atoms with Crippen molar-refractivity contribution < 1.29 is 9.53 Å². The van der Waals surface area contributed by atoms with Crippen molar-refractivity contribution in [2.45, 2.75) is 18.6 Å². The van der Waals surface area contributed by atoms with Gasteiger partial charge in [-0.25, -0.2) is 0 Å². The van der Waals surface area contributed by atoms with Gasteiger partial charge < -0.3 is 15.4 Å². The molecule has 3 atom stereocenters. The number of benzene rings is 1. The van der Waals surface area contributed by atoms with Crippen LogP contribution in [0.3, 0.4) is 0 Å². The smallest absolute Gasteiger partial charge is 0.227 e. The maximum atomic E-state index is 12.2. The van der Waals surface area contributed by atoms with Crippen LogP contribution in [0, 0.1) is 5.92 Å². The lowest BCUT2D eigenvalue weighted by atomic mass is 10.1. The summed E-state index contributed by atoms with van der Waals surface area (Å²) in [6, 6.07) is 7.65. The predicted octanol–water partition coefficient (Wildman–Crippen LogP) is 1.59. The van der Waals surface area contributed by atoms with Crippen molar-refractivity contribution in [2.75, 3.05) is 19.7 Å². The Bertz CT molecular complexity index is 477. The summed E-state index contributed by atoms with van der Waals surface area (Å²) >= 11 is 5.88. The lowest BCUT2D eigenvalue weighted by Crippen LogP contribution is -2.43. The van der Waals surface area contributed by atoms with Gasteiger partial charge in [0, 0.05) is 17.6 Å². The molecule has 1 saturated heterocycles. The van der Waals surface area contributed by atoms with E-state index in [4.69, 9.17) is 22.1 Å². The second-order valence-corrected chi connectivity index (χ2v) is 5.64. The fourth-order valence-electron chi connectivity index (χ4n) is 2.46. The summed E-state index contributed by atoms with van der Waals surface area (Å²) in [4.78, 5) is 14.0. The van der Waals surface area contributed by atoms with E-state index in [0.29, 0.717) is 24.7 Å². The van der Waals surface area contributed by atoms with Crippen molar-refractivity contribution in [3.8, 4) is 0 Å². The van der Waals surface area contributed by atoms with Crippen LogP contribution < -0.4 is 5.73 Å². The Morgan fingerprint density at radius 3 is 2.68 bits per heavy atom. The van der Waals surface area contributed by atoms with Gasteiger partial charge in [0.25, 0.3) is 0 Å². The Balaban J connectivity index is 1.67. The molecule has 1 amide bonds. The van der Waals surface area contributed by atoms with E-state index in [1.54, 1.807) is 0 Å². The third-order valence-corrected chi connectivity index (χ3v) is 4.03. The molecule has 0 bridgehead atoms. The molecule has 0 aromatic heterocycles. The normalized spacial score (nSPS) is 30.2. The van der Waals surface area contributed by atoms with E-state index in [9.17, 15) is 4.79 Å². The van der Waals surface area contributed by atoms with Crippen LogP contribution in [0.4, 0.5) is 0 Å². The Labute approximate surface area is 117 Å². The first kappa shape index (κ1) is 12.9. The first-order valence-corrected chi connectivity index (χ1v) is 6.94. The Hall–Kier alpha value is -1.10. The molecule has 102 valence electrons. The van der Waals surface area contributed by atoms with Crippen LogP contribution in [0.1, 0.15) is 18.1 Å². The third kappa shape index (κ3) is 2.76. The van der Waals surface area contributed by atoms with Gasteiger partial charge in [0.15, 0.2) is 0 Å². The van der Waals surface area contributed by atoms with E-state index >= 15 is 0 Å². The van der Waals surface area contributed by atoms with Crippen molar-refractivity contribution in [2.24, 2.45) is 11.7 Å². The maximum absolute atomic E-state index is 12.2. The summed E-state index contributed by atoms with van der Waals surface area (Å²) < 4.78 is 5.74. The van der Waals surface area contributed by atoms with Crippen LogP contribution in [-0.4, -0.2) is 36.5 Å². The molecule has 19 heavy (non-hydrogen) atoms. The number of ether oxygens (including phenoxy) is 1. The number of hydrogen-bond acceptors (Lipinski definition) is 3. The zero-order chi connectivity index (χ0) is 13.4. The molecule has 5 heteroatoms. The Morgan fingerprint density at radius 2 is 2.05 bits per heavy atom. The van der Waals surface area contributed by atoms with E-state index in [-0.39, 0.29) is 24.0 Å². The summed E-state index contributed by atoms with van der Waals surface area (Å²) in [6.45, 7) is 1.83. The van der Waals surface area contributed by atoms with E-state index in [0.717, 1.165) is 12.0 Å². The molecule has 1 aliphatic heterocycles. The van der Waals surface area contributed by atoms with E-state index in [2.05, 4.69) is 0 Å². The van der Waals surface area contributed by atoms with Gasteiger partial charge >= 0.3 is 0 Å². The fourth-order valence-corrected chi connectivity index (χ4v) is 2.59. The number of amides is 1. The first-order chi connectivity index (χ1) is 9.15. The van der Waals surface area contributed by atoms with Gasteiger partial charge in [-0.05, 0) is 24.1 Å². The summed E-state index contributed by atoms with van der Waals surface area (Å²) in [7, 11) is 0. The molecule has 2 aliphatic rings. The molecule has 2 N–H and O–H groups in total. The average molecular weight is 281 g/mol. The molecule has 1 aromatic carbocycles. The molecular weight excluding hydrogens is 264 g/mol. The number of rotatable bonds is 2. The van der Waals surface area contributed by atoms with Gasteiger partial charge in [-0.1, -0.05) is 23.7 Å². The topological polar surface area (TPSA) is 55.6 Å². The van der Waals surface area contributed by atoms with Crippen molar-refractivity contribution in [3.63, 3.8) is 0 Å². The highest BCUT2D eigenvalue weighted by Gasteiger charge is 2.43. The molecule has 1 aliphatic carbocycles. The number of morpholine rings is 1. The fraction of sp³-hybridized carbons (Fsp3) is 0.500. The number of nitrogens with zero attached hydrogens (tertiary/aromatic N) is 1. The molecule has 4 nitrogen and oxygen atoms in total. The highest BCUT2D eigenvalue weighted by atomic mass is 35.5. The molecule has 3 unspecified atom stereocenters. The molecule has 0 spiro atoms. The third-order valence-electron chi connectivity index (χ3n) is 3.78. The van der Waals surface area contributed by atoms with Crippen LogP contribution >= 0.6 is 11.6 Å². The molecular formula is C14H17ClN2O2. The molecule has 1 saturated carbocycles. The zero-order valence-electron chi connectivity index (χ0n) is 10.6. The van der Waals surface area contributed by atoms with E-state index in [1.165, 1.54) is 0 Å². The van der Waals surface area contributed by atoms with E-state index < -0.39 is 0 Å². The minimum Gasteiger partial charge on any atom is -0.370 e. The number of carbonyl (C=O) groups is 1. The quantitative estimate of drug-likeness (QED) is 0.895. The summed E-state index contributed by atoms with van der Waals surface area (Å²) in [5, 5.41) is 0.705. The van der Waals surface area contributed by atoms with E-state index in [1.807, 2.05) is 29.2 Å². The Morgan fingerprint density at radius 1 is 1.37 bits per heavy atom. The lowest BCUT2D eigenvalue weighted by molar-refractivity contribution is -0.140. The summed E-state index contributed by atoms with van der Waals surface area (Å²) in [6.07, 6.45) is 0.756. The van der Waals surface area contributed by atoms with Crippen LogP contribution in [0.25, 0.3) is 0 Å². The highest BCUT2D eigenvalue weighted by Crippen LogP contribution is 2.32. The van der Waals surface area contributed by atoms with Gasteiger partial charge in [-0.2, -0.15) is 0 Å². The van der Waals surface area contributed by atoms with Gasteiger partial charge in [-0.3, -0.25) is 4.79 Å². The highest BCUT2D eigenvalue weighted by molar-refractivity contribution is 6.30. The van der Waals surface area contributed by atoms with Gasteiger partial charge in [0.1, 0.15) is 6.10 Å². The van der Waals surface area contributed by atoms with Crippen molar-refractivity contribution in [1.82, 2.24) is 4.90 Å². The monoisotopic (exact) mass is 280 g/mol. The van der Waals surface area contributed by atoms with Crippen molar-refractivity contribution >= 4 is 17.5 Å². The predicted molar refractivity (Wildman–Crippen MR) is 72.8 cm³/mol. The first-order valence-electron chi connectivity index (χ1n) is 6.56. The van der Waals surface area contributed by atoms with Gasteiger partial charge in [0.2, 0.25) is 5.91 Å². The second-order valence-electron chi connectivity index (χ2n) is 5.20. The maximum Gasteiger partial charge on any atom is 0.227 e. The molecule has 1 aromatic rings. The van der Waals surface area contributed by atoms with Gasteiger partial charge in [0.05, 0.1) is 19.1 Å². The standard InChI is InChI=1S/C14H17ClN2O2/c15-10-3-1-9(2-4-10)13-8-17(5-6-19-13)14(18)11-7-12(11)16/h1-4,11-13H,5-8,16H2. The second kappa shape index (κ2) is 5.12. The average Bonchev–Trinajstić information content (AvgIpc) is 3.16. The molecule has 1 heterocycles. The largest absolute Gasteiger partial charge is 0.370 e. The minimum atomic E-state index is -0.0649. The van der Waals surface area contributed by atoms with Crippen molar-refractivity contribution in [3.05, 3.63) is 34.9 Å². The van der Waals surface area contributed by atoms with Gasteiger partial charge in [-0.15, -0.1) is 0 Å². The zero-order valence-corrected chi connectivity index (χ0v) is 11.3. The minimum absolute atomic E-state index is 0.0315. The molecule has 0 radical (unpaired) electrons. The Kier molecular flexibility index (Phi) is 3.48. The van der Waals surface area contributed by atoms with Crippen LogP contribution in [-0.2, 0) is 9.53 Å². The number of halogens is 1. The lowest BCUT2D eigenvalue weighted by Gasteiger charge is -2.33. The van der Waals surface area contributed by atoms with Crippen LogP contribution in [0.5, 0.6) is 0 Å². The molecule has 3 rings (SSSR count). The number of hydrogen-bond donors (Lipinski definition) is 1. The van der Waals surface area contributed by atoms with Crippen LogP contribution in [0.2, 0.25) is 5.02 Å². The van der Waals surface area contributed by atoms with Crippen LogP contribution in [0.15, 0.2) is 24.3 Å². The van der Waals surface area contributed by atoms with Crippen molar-refractivity contribution in [1.29, 1.82) is 0 Å². The molecule has 2 fully saturated rings. The summed E-state index contributed by atoms with van der Waals surface area (Å²) in [5.41, 5.74) is 6.80. The summed E-state index contributed by atoms with van der Waals surface area (Å²) in [5.74, 6) is 0.207. The number of carbonyl (C=O) groups excluding carboxylic acids is 1.